The van der Waals surface area contributed by atoms with E-state index in [1.165, 1.54) is 0 Å². The number of halogens is 2. The molecule has 0 aromatic carbocycles. The van der Waals surface area contributed by atoms with Crippen LogP contribution in [0.2, 0.25) is 0 Å². The second-order valence-corrected chi connectivity index (χ2v) is 9.26. The Kier molecular flexibility index (Phi) is 9.29. The van der Waals surface area contributed by atoms with Gasteiger partial charge in [-0.3, -0.25) is 9.36 Å². The molecule has 0 radical (unpaired) electrons. The van der Waals surface area contributed by atoms with E-state index in [1.54, 1.807) is 0 Å². The largest absolute Gasteiger partial charge is 0.380 e. The molecule has 0 bridgehead atoms. The van der Waals surface area contributed by atoms with Crippen LogP contribution < -0.4 is 5.84 Å². The SMILES string of the molecule is CCSOP(=O)(OSCC)C1=C(Cl)C(Cl)=C(C(=O)C=NN)CC1. The zero-order chi connectivity index (χ0) is 17.5. The Morgan fingerprint density at radius 3 is 2.30 bits per heavy atom. The summed E-state index contributed by atoms with van der Waals surface area (Å²) >= 11 is 14.4. The standard InChI is InChI=1S/C12H17Cl2N2O4PS2/c1-3-22-19-21(18,20-23-4-2)10-6-5-8(9(17)7-16-15)11(13)12(10)14/h7H,3-6,15H2,1-2H3. The molecule has 1 aliphatic rings. The van der Waals surface area contributed by atoms with Crippen molar-refractivity contribution < 1.29 is 17.3 Å². The average molecular weight is 419 g/mol. The number of Topliss-reactive ketones (excluding diaryl/α,β-unsaturated/α-hetero) is 1. The molecule has 0 fully saturated rings. The van der Waals surface area contributed by atoms with Crippen molar-refractivity contribution in [1.82, 2.24) is 0 Å². The average Bonchev–Trinajstić information content (AvgIpc) is 2.53. The molecule has 0 saturated heterocycles. The Bertz CT molecular complexity index is 584. The van der Waals surface area contributed by atoms with Gasteiger partial charge in [-0.1, -0.05) is 37.0 Å². The fourth-order valence-electron chi connectivity index (χ4n) is 1.70. The molecule has 0 atom stereocenters. The zero-order valence-corrected chi connectivity index (χ0v) is 16.6. The Hall–Kier alpha value is 0.0500. The van der Waals surface area contributed by atoms with E-state index in [-0.39, 0.29) is 33.8 Å². The van der Waals surface area contributed by atoms with Crippen LogP contribution in [0.1, 0.15) is 26.7 Å². The molecule has 1 rings (SSSR count). The van der Waals surface area contributed by atoms with Crippen LogP contribution in [-0.4, -0.2) is 23.5 Å². The summed E-state index contributed by atoms with van der Waals surface area (Å²) < 4.78 is 23.7. The fourth-order valence-corrected chi connectivity index (χ4v) is 6.32. The van der Waals surface area contributed by atoms with Crippen molar-refractivity contribution in [1.29, 1.82) is 0 Å². The minimum absolute atomic E-state index is 0.0171. The van der Waals surface area contributed by atoms with E-state index in [0.717, 1.165) is 30.3 Å². The molecule has 23 heavy (non-hydrogen) atoms. The first-order chi connectivity index (χ1) is 10.9. The first-order valence-corrected chi connectivity index (χ1v) is 10.8. The van der Waals surface area contributed by atoms with Crippen LogP contribution in [0.5, 0.6) is 0 Å². The van der Waals surface area contributed by atoms with E-state index in [2.05, 4.69) is 5.10 Å². The lowest BCUT2D eigenvalue weighted by Gasteiger charge is -2.24. The molecule has 6 nitrogen and oxygen atoms in total. The summed E-state index contributed by atoms with van der Waals surface area (Å²) in [6, 6.07) is 0. The van der Waals surface area contributed by atoms with E-state index in [4.69, 9.17) is 37.0 Å². The first kappa shape index (κ1) is 21.1. The van der Waals surface area contributed by atoms with Crippen molar-refractivity contribution in [3.63, 3.8) is 0 Å². The number of hydrogen-bond acceptors (Lipinski definition) is 8. The van der Waals surface area contributed by atoms with Crippen LogP contribution in [0.4, 0.5) is 0 Å². The fraction of sp³-hybridized carbons (Fsp3) is 0.500. The Balaban J connectivity index is 3.22. The van der Waals surface area contributed by atoms with E-state index < -0.39 is 13.4 Å². The normalized spacial score (nSPS) is 16.5. The lowest BCUT2D eigenvalue weighted by atomic mass is 10.0. The molecule has 11 heteroatoms. The molecule has 1 aliphatic carbocycles. The molecule has 0 aliphatic heterocycles. The third-order valence-corrected chi connectivity index (χ3v) is 7.74. The van der Waals surface area contributed by atoms with Gasteiger partial charge in [-0.15, -0.1) is 0 Å². The van der Waals surface area contributed by atoms with Crippen LogP contribution in [0, 0.1) is 0 Å². The first-order valence-electron chi connectivity index (χ1n) is 6.69. The lowest BCUT2D eigenvalue weighted by molar-refractivity contribution is -0.109. The molecule has 130 valence electrons. The summed E-state index contributed by atoms with van der Waals surface area (Å²) in [5.74, 6) is 5.72. The van der Waals surface area contributed by atoms with Crippen molar-refractivity contribution in [3.8, 4) is 0 Å². The summed E-state index contributed by atoms with van der Waals surface area (Å²) in [5.41, 5.74) is 0.271. The zero-order valence-electron chi connectivity index (χ0n) is 12.6. The Morgan fingerprint density at radius 1 is 1.26 bits per heavy atom. The third-order valence-electron chi connectivity index (χ3n) is 2.68. The van der Waals surface area contributed by atoms with Crippen molar-refractivity contribution in [2.75, 3.05) is 11.5 Å². The molecule has 0 aromatic rings. The van der Waals surface area contributed by atoms with Crippen LogP contribution in [0.3, 0.4) is 0 Å². The van der Waals surface area contributed by atoms with Gasteiger partial charge in [0.25, 0.3) is 0 Å². The number of nitrogens with two attached hydrogens (primary N) is 1. The summed E-state index contributed by atoms with van der Waals surface area (Å²) in [6.07, 6.45) is 1.44. The number of allylic oxidation sites excluding steroid dienone is 4. The van der Waals surface area contributed by atoms with Crippen LogP contribution in [-0.2, 0) is 17.3 Å². The van der Waals surface area contributed by atoms with Gasteiger partial charge in [-0.05, 0) is 12.8 Å². The highest BCUT2D eigenvalue weighted by Crippen LogP contribution is 2.65. The molecule has 0 saturated carbocycles. The van der Waals surface area contributed by atoms with Crippen molar-refractivity contribution in [2.24, 2.45) is 10.9 Å². The van der Waals surface area contributed by atoms with Gasteiger partial charge >= 0.3 is 7.60 Å². The summed E-state index contributed by atoms with van der Waals surface area (Å²) in [4.78, 5) is 11.9. The van der Waals surface area contributed by atoms with Gasteiger partial charge in [0, 0.05) is 41.2 Å². The topological polar surface area (TPSA) is 91.0 Å². The van der Waals surface area contributed by atoms with E-state index in [1.807, 2.05) is 13.8 Å². The second-order valence-electron chi connectivity index (χ2n) is 4.16. The number of carbonyl (C=O) groups is 1. The third kappa shape index (κ3) is 5.53. The van der Waals surface area contributed by atoms with E-state index >= 15 is 0 Å². The number of hydrazone groups is 1. The maximum absolute atomic E-state index is 13.0. The maximum atomic E-state index is 13.0. The van der Waals surface area contributed by atoms with Gasteiger partial charge in [0.1, 0.15) is 0 Å². The van der Waals surface area contributed by atoms with Gasteiger partial charge < -0.3 is 5.84 Å². The molecule has 0 unspecified atom stereocenters. The smallest absolute Gasteiger partial charge is 0.323 e. The van der Waals surface area contributed by atoms with Gasteiger partial charge in [0.15, 0.2) is 0 Å². The quantitative estimate of drug-likeness (QED) is 0.189. The van der Waals surface area contributed by atoms with Crippen molar-refractivity contribution in [2.45, 2.75) is 26.7 Å². The lowest BCUT2D eigenvalue weighted by Crippen LogP contribution is -2.12. The summed E-state index contributed by atoms with van der Waals surface area (Å²) in [7, 11) is -3.61. The number of nitrogens with zero attached hydrogens (tertiary/aromatic N) is 1. The number of rotatable bonds is 9. The molecule has 0 amide bonds. The molecule has 0 heterocycles. The predicted molar refractivity (Wildman–Crippen MR) is 98.7 cm³/mol. The van der Waals surface area contributed by atoms with Crippen molar-refractivity contribution in [3.05, 3.63) is 21.0 Å². The molecular formula is C12H17Cl2N2O4PS2. The monoisotopic (exact) mass is 418 g/mol. The Labute approximate surface area is 154 Å². The minimum Gasteiger partial charge on any atom is -0.323 e. The highest BCUT2D eigenvalue weighted by molar-refractivity contribution is 8.02. The van der Waals surface area contributed by atoms with Crippen molar-refractivity contribution >= 4 is 66.9 Å². The molecule has 0 aromatic heterocycles. The number of ketones is 1. The maximum Gasteiger partial charge on any atom is 0.380 e. The van der Waals surface area contributed by atoms with Gasteiger partial charge in [-0.25, -0.2) is 7.94 Å². The highest BCUT2D eigenvalue weighted by atomic mass is 35.5. The van der Waals surface area contributed by atoms with Crippen LogP contribution in [0.15, 0.2) is 26.1 Å². The molecule has 0 spiro atoms. The van der Waals surface area contributed by atoms with Gasteiger partial charge in [0.2, 0.25) is 5.78 Å². The number of hydrogen-bond donors (Lipinski definition) is 1. The molecular weight excluding hydrogens is 402 g/mol. The molecule has 2 N–H and O–H groups in total. The summed E-state index contributed by atoms with van der Waals surface area (Å²) in [5, 5.41) is 3.49. The minimum atomic E-state index is -3.61. The van der Waals surface area contributed by atoms with Crippen LogP contribution in [0.25, 0.3) is 0 Å². The van der Waals surface area contributed by atoms with E-state index in [9.17, 15) is 9.36 Å². The van der Waals surface area contributed by atoms with Gasteiger partial charge in [-0.2, -0.15) is 5.10 Å². The van der Waals surface area contributed by atoms with Gasteiger partial charge in [0.05, 0.1) is 21.6 Å². The predicted octanol–water partition coefficient (Wildman–Crippen LogP) is 4.80. The Morgan fingerprint density at radius 2 is 1.83 bits per heavy atom. The second kappa shape index (κ2) is 10.1. The highest BCUT2D eigenvalue weighted by Gasteiger charge is 2.38. The summed E-state index contributed by atoms with van der Waals surface area (Å²) in [6.45, 7) is 3.71. The number of carbonyl (C=O) groups excluding carboxylic acids is 1. The van der Waals surface area contributed by atoms with Crippen LogP contribution >= 0.6 is 54.9 Å². The van der Waals surface area contributed by atoms with E-state index in [0.29, 0.717) is 11.5 Å².